The molecule has 0 saturated carbocycles. The van der Waals surface area contributed by atoms with Crippen LogP contribution in [0.5, 0.6) is 0 Å². The van der Waals surface area contributed by atoms with Crippen LogP contribution in [0.3, 0.4) is 0 Å². The largest absolute Gasteiger partial charge is 0.472 e. The standard InChI is InChI=1S/C83H162O17P2/c1-6-9-12-15-18-21-24-27-29-30-31-32-33-35-38-43-48-53-58-63-68-82(87)99-78(72-94-81(86)67-62-57-52-47-42-37-34-28-25-22-19-16-13-10-7-2)74-97-101(89,90)95-70-77(84)71-96-102(91,92)98-75-79(73-93-80(85)66-61-56-51-46-41-36-26-23-20-17-14-11-8-3)100-83(88)69-64-59-54-49-44-39-40-45-50-55-60-65-76(4)5/h76-79,84H,6-75H2,1-5H3,(H,89,90)(H,91,92)/t77-,78-,79-/m1/s1. The number of ether oxygens (including phenoxy) is 4. The quantitative estimate of drug-likeness (QED) is 0.0222. The fraction of sp³-hybridized carbons (Fsp3) is 0.952. The maximum atomic E-state index is 13.1. The van der Waals surface area contributed by atoms with Gasteiger partial charge in [0.1, 0.15) is 19.3 Å². The highest BCUT2D eigenvalue weighted by molar-refractivity contribution is 7.47. The van der Waals surface area contributed by atoms with Gasteiger partial charge in [0, 0.05) is 25.7 Å². The Hall–Kier alpha value is -1.94. The first-order valence-corrected chi connectivity index (χ1v) is 46.1. The molecule has 5 atom stereocenters. The zero-order chi connectivity index (χ0) is 74.8. The third kappa shape index (κ3) is 76.3. The number of rotatable bonds is 83. The summed E-state index contributed by atoms with van der Waals surface area (Å²) in [5.41, 5.74) is 0. The number of carbonyl (C=O) groups is 4. The van der Waals surface area contributed by atoms with E-state index in [1.54, 1.807) is 0 Å². The molecule has 0 saturated heterocycles. The summed E-state index contributed by atoms with van der Waals surface area (Å²) in [5, 5.41) is 10.7. The average molecular weight is 1490 g/mol. The minimum atomic E-state index is -4.96. The van der Waals surface area contributed by atoms with Crippen LogP contribution in [0.1, 0.15) is 446 Å². The van der Waals surface area contributed by atoms with E-state index >= 15 is 0 Å². The molecule has 0 aliphatic carbocycles. The second-order valence-corrected chi connectivity index (χ2v) is 33.3. The zero-order valence-electron chi connectivity index (χ0n) is 66.8. The van der Waals surface area contributed by atoms with Gasteiger partial charge in [-0.05, 0) is 31.6 Å². The van der Waals surface area contributed by atoms with Gasteiger partial charge in [0.25, 0.3) is 0 Å². The number of hydrogen-bond acceptors (Lipinski definition) is 15. The maximum absolute atomic E-state index is 13.1. The Balaban J connectivity index is 5.25. The molecule has 3 N–H and O–H groups in total. The Morgan fingerprint density at radius 1 is 0.265 bits per heavy atom. The molecular formula is C83H162O17P2. The van der Waals surface area contributed by atoms with Gasteiger partial charge in [-0.15, -0.1) is 0 Å². The Labute approximate surface area is 626 Å². The molecule has 0 aliphatic rings. The monoisotopic (exact) mass is 1490 g/mol. The summed E-state index contributed by atoms with van der Waals surface area (Å²) in [6.07, 6.45) is 67.9. The van der Waals surface area contributed by atoms with Crippen LogP contribution < -0.4 is 0 Å². The molecule has 17 nitrogen and oxygen atoms in total. The molecule has 606 valence electrons. The van der Waals surface area contributed by atoms with Gasteiger partial charge in [0.15, 0.2) is 12.2 Å². The van der Waals surface area contributed by atoms with E-state index in [0.29, 0.717) is 25.7 Å². The Morgan fingerprint density at radius 2 is 0.451 bits per heavy atom. The third-order valence-corrected chi connectivity index (χ3v) is 21.4. The second kappa shape index (κ2) is 75.9. The van der Waals surface area contributed by atoms with Crippen molar-refractivity contribution in [2.45, 2.75) is 464 Å². The molecule has 19 heteroatoms. The first kappa shape index (κ1) is 100. The van der Waals surface area contributed by atoms with E-state index in [0.717, 1.165) is 95.8 Å². The van der Waals surface area contributed by atoms with Crippen LogP contribution in [-0.2, 0) is 65.4 Å². The number of carbonyl (C=O) groups excluding carboxylic acids is 4. The van der Waals surface area contributed by atoms with Crippen molar-refractivity contribution in [1.29, 1.82) is 0 Å². The fourth-order valence-electron chi connectivity index (χ4n) is 12.9. The van der Waals surface area contributed by atoms with Crippen molar-refractivity contribution in [3.05, 3.63) is 0 Å². The molecule has 0 fully saturated rings. The summed E-state index contributed by atoms with van der Waals surface area (Å²) < 4.78 is 68.8. The van der Waals surface area contributed by atoms with Crippen molar-refractivity contribution in [3.63, 3.8) is 0 Å². The molecule has 0 amide bonds. The van der Waals surface area contributed by atoms with Crippen LogP contribution in [0.25, 0.3) is 0 Å². The number of unbranched alkanes of at least 4 members (excludes halogenated alkanes) is 55. The second-order valence-electron chi connectivity index (χ2n) is 30.3. The minimum absolute atomic E-state index is 0.107. The van der Waals surface area contributed by atoms with Crippen LogP contribution in [0.2, 0.25) is 0 Å². The number of hydrogen-bond donors (Lipinski definition) is 3. The molecule has 0 spiro atoms. The van der Waals surface area contributed by atoms with E-state index < -0.39 is 97.5 Å². The number of aliphatic hydroxyl groups excluding tert-OH is 1. The first-order valence-electron chi connectivity index (χ1n) is 43.1. The summed E-state index contributed by atoms with van der Waals surface area (Å²) in [7, 11) is -9.92. The molecule has 0 rings (SSSR count). The molecule has 0 aliphatic heterocycles. The summed E-state index contributed by atoms with van der Waals surface area (Å²) in [5.74, 6) is -1.34. The predicted octanol–water partition coefficient (Wildman–Crippen LogP) is 25.2. The summed E-state index contributed by atoms with van der Waals surface area (Å²) >= 11 is 0. The van der Waals surface area contributed by atoms with Gasteiger partial charge in [-0.25, -0.2) is 9.13 Å². The third-order valence-electron chi connectivity index (χ3n) is 19.5. The summed E-state index contributed by atoms with van der Waals surface area (Å²) in [6, 6.07) is 0. The van der Waals surface area contributed by atoms with Gasteiger partial charge in [0.05, 0.1) is 26.4 Å². The lowest BCUT2D eigenvalue weighted by Crippen LogP contribution is -2.30. The number of phosphoric ester groups is 2. The lowest BCUT2D eigenvalue weighted by molar-refractivity contribution is -0.161. The summed E-state index contributed by atoms with van der Waals surface area (Å²) in [4.78, 5) is 73.1. The molecule has 0 radical (unpaired) electrons. The highest BCUT2D eigenvalue weighted by Gasteiger charge is 2.30. The number of phosphoric acid groups is 2. The van der Waals surface area contributed by atoms with Gasteiger partial charge in [-0.2, -0.15) is 0 Å². The van der Waals surface area contributed by atoms with E-state index in [1.807, 2.05) is 0 Å². The molecule has 0 aromatic heterocycles. The molecule has 0 heterocycles. The van der Waals surface area contributed by atoms with Crippen molar-refractivity contribution in [2.75, 3.05) is 39.6 Å². The maximum Gasteiger partial charge on any atom is 0.472 e. The minimum Gasteiger partial charge on any atom is -0.462 e. The van der Waals surface area contributed by atoms with Crippen molar-refractivity contribution in [3.8, 4) is 0 Å². The molecule has 0 aromatic carbocycles. The van der Waals surface area contributed by atoms with Gasteiger partial charge < -0.3 is 33.8 Å². The SMILES string of the molecule is CCCCCCCCCCCCCCCCCCCCCCC(=O)O[C@H](COC(=O)CCCCCCCCCCCCCCCCC)COP(=O)(O)OC[C@@H](O)COP(=O)(O)OC[C@@H](COC(=O)CCCCCCCCCCCCCCC)OC(=O)CCCCCCCCCCCCCC(C)C. The Kier molecular flexibility index (Phi) is 74.4. The molecule has 0 aromatic rings. The Bertz CT molecular complexity index is 1940. The van der Waals surface area contributed by atoms with Crippen molar-refractivity contribution in [1.82, 2.24) is 0 Å². The topological polar surface area (TPSA) is 237 Å². The lowest BCUT2D eigenvalue weighted by atomic mass is 10.0. The summed E-state index contributed by atoms with van der Waals surface area (Å²) in [6.45, 7) is 7.35. The van der Waals surface area contributed by atoms with E-state index in [1.165, 1.54) is 270 Å². The Morgan fingerprint density at radius 3 is 0.667 bits per heavy atom. The molecule has 0 bridgehead atoms. The van der Waals surface area contributed by atoms with Crippen LogP contribution in [0, 0.1) is 5.92 Å². The van der Waals surface area contributed by atoms with Crippen LogP contribution >= 0.6 is 15.6 Å². The molecule has 2 unspecified atom stereocenters. The van der Waals surface area contributed by atoms with E-state index in [9.17, 15) is 43.2 Å². The van der Waals surface area contributed by atoms with Crippen LogP contribution in [-0.4, -0.2) is 96.7 Å². The highest BCUT2D eigenvalue weighted by atomic mass is 31.2. The lowest BCUT2D eigenvalue weighted by Gasteiger charge is -2.21. The molecular weight excluding hydrogens is 1330 g/mol. The predicted molar refractivity (Wildman–Crippen MR) is 418 cm³/mol. The van der Waals surface area contributed by atoms with Gasteiger partial charge in [-0.1, -0.05) is 394 Å². The van der Waals surface area contributed by atoms with Crippen LogP contribution in [0.4, 0.5) is 0 Å². The van der Waals surface area contributed by atoms with Gasteiger partial charge >= 0.3 is 39.5 Å². The fourth-order valence-corrected chi connectivity index (χ4v) is 14.5. The van der Waals surface area contributed by atoms with Crippen molar-refractivity contribution < 1.29 is 80.2 Å². The van der Waals surface area contributed by atoms with Gasteiger partial charge in [0.2, 0.25) is 0 Å². The smallest absolute Gasteiger partial charge is 0.462 e. The van der Waals surface area contributed by atoms with E-state index in [-0.39, 0.29) is 25.7 Å². The number of aliphatic hydroxyl groups is 1. The van der Waals surface area contributed by atoms with Crippen molar-refractivity contribution >= 4 is 39.5 Å². The zero-order valence-corrected chi connectivity index (χ0v) is 68.5. The highest BCUT2D eigenvalue weighted by Crippen LogP contribution is 2.45. The first-order chi connectivity index (χ1) is 49.5. The van der Waals surface area contributed by atoms with Gasteiger partial charge in [-0.3, -0.25) is 37.3 Å². The normalized spacial score (nSPS) is 13.8. The van der Waals surface area contributed by atoms with E-state index in [2.05, 4.69) is 34.6 Å². The van der Waals surface area contributed by atoms with Crippen LogP contribution in [0.15, 0.2) is 0 Å². The van der Waals surface area contributed by atoms with E-state index in [4.69, 9.17) is 37.0 Å². The van der Waals surface area contributed by atoms with Crippen molar-refractivity contribution in [2.24, 2.45) is 5.92 Å². The average Bonchev–Trinajstić information content (AvgIpc) is 0.909. The molecule has 102 heavy (non-hydrogen) atoms. The number of esters is 4.